The minimum atomic E-state index is 0.319. The van der Waals surface area contributed by atoms with E-state index in [1.807, 2.05) is 7.11 Å². The van der Waals surface area contributed by atoms with Gasteiger partial charge in [0.1, 0.15) is 0 Å². The highest BCUT2D eigenvalue weighted by Gasteiger charge is 2.35. The van der Waals surface area contributed by atoms with Crippen LogP contribution in [0.1, 0.15) is 40.5 Å². The molecule has 1 atom stereocenters. The first-order chi connectivity index (χ1) is 8.08. The van der Waals surface area contributed by atoms with Gasteiger partial charge in [-0.25, -0.2) is 0 Å². The number of piperazine rings is 1. The minimum Gasteiger partial charge on any atom is -0.383 e. The summed E-state index contributed by atoms with van der Waals surface area (Å²) in [4.78, 5) is 2.62. The first kappa shape index (κ1) is 14.9. The zero-order valence-electron chi connectivity index (χ0n) is 12.3. The molecule has 1 unspecified atom stereocenters. The molecule has 1 N–H and O–H groups in total. The van der Waals surface area contributed by atoms with E-state index in [1.54, 1.807) is 0 Å². The molecule has 0 aromatic rings. The van der Waals surface area contributed by atoms with Crippen LogP contribution in [0.5, 0.6) is 0 Å². The van der Waals surface area contributed by atoms with Crippen molar-refractivity contribution in [3.63, 3.8) is 0 Å². The Morgan fingerprint density at radius 3 is 2.41 bits per heavy atom. The molecule has 102 valence electrons. The topological polar surface area (TPSA) is 24.5 Å². The van der Waals surface area contributed by atoms with E-state index in [0.29, 0.717) is 17.5 Å². The minimum absolute atomic E-state index is 0.319. The fourth-order valence-corrected chi connectivity index (χ4v) is 2.89. The Labute approximate surface area is 107 Å². The Morgan fingerprint density at radius 2 is 1.94 bits per heavy atom. The van der Waals surface area contributed by atoms with Crippen molar-refractivity contribution in [3.05, 3.63) is 0 Å². The molecule has 3 heteroatoms. The van der Waals surface area contributed by atoms with Gasteiger partial charge in [-0.1, -0.05) is 27.7 Å². The van der Waals surface area contributed by atoms with Crippen molar-refractivity contribution in [1.29, 1.82) is 0 Å². The van der Waals surface area contributed by atoms with Gasteiger partial charge in [0.2, 0.25) is 0 Å². The average Bonchev–Trinajstić information content (AvgIpc) is 2.35. The fraction of sp³-hybridized carbons (Fsp3) is 1.00. The summed E-state index contributed by atoms with van der Waals surface area (Å²) in [6.45, 7) is 13.4. The SMILES string of the molecule is CCC1(CC)CN(C(COC)C(C)C)CCN1. The molecule has 0 bridgehead atoms. The monoisotopic (exact) mass is 242 g/mol. The van der Waals surface area contributed by atoms with Crippen molar-refractivity contribution in [2.24, 2.45) is 5.92 Å². The number of nitrogens with zero attached hydrogens (tertiary/aromatic N) is 1. The Morgan fingerprint density at radius 1 is 1.29 bits per heavy atom. The van der Waals surface area contributed by atoms with E-state index >= 15 is 0 Å². The van der Waals surface area contributed by atoms with E-state index in [1.165, 1.54) is 12.8 Å². The van der Waals surface area contributed by atoms with Crippen LogP contribution in [0.15, 0.2) is 0 Å². The summed E-state index contributed by atoms with van der Waals surface area (Å²) in [6.07, 6.45) is 2.41. The Bertz CT molecular complexity index is 214. The highest BCUT2D eigenvalue weighted by Crippen LogP contribution is 2.23. The predicted octanol–water partition coefficient (Wildman–Crippen LogP) is 2.12. The molecule has 1 fully saturated rings. The van der Waals surface area contributed by atoms with Gasteiger partial charge in [0.25, 0.3) is 0 Å². The molecule has 1 aliphatic rings. The van der Waals surface area contributed by atoms with Crippen LogP contribution >= 0.6 is 0 Å². The van der Waals surface area contributed by atoms with Crippen molar-refractivity contribution in [3.8, 4) is 0 Å². The molecule has 0 aromatic heterocycles. The Kier molecular flexibility index (Phi) is 5.90. The normalized spacial score (nSPS) is 22.9. The summed E-state index contributed by atoms with van der Waals surface area (Å²) in [7, 11) is 1.81. The fourth-order valence-electron chi connectivity index (χ4n) is 2.89. The van der Waals surface area contributed by atoms with E-state index in [-0.39, 0.29) is 0 Å². The quantitative estimate of drug-likeness (QED) is 0.772. The van der Waals surface area contributed by atoms with Crippen molar-refractivity contribution in [1.82, 2.24) is 10.2 Å². The maximum Gasteiger partial charge on any atom is 0.0620 e. The van der Waals surface area contributed by atoms with Crippen molar-refractivity contribution in [2.45, 2.75) is 52.1 Å². The van der Waals surface area contributed by atoms with E-state index < -0.39 is 0 Å². The van der Waals surface area contributed by atoms with Gasteiger partial charge in [-0.15, -0.1) is 0 Å². The first-order valence-electron chi connectivity index (χ1n) is 7.06. The molecule has 0 spiro atoms. The molecule has 0 amide bonds. The Hall–Kier alpha value is -0.120. The second-order valence-electron chi connectivity index (χ2n) is 5.65. The van der Waals surface area contributed by atoms with Crippen LogP contribution in [0.4, 0.5) is 0 Å². The second kappa shape index (κ2) is 6.72. The molecule has 3 nitrogen and oxygen atoms in total. The van der Waals surface area contributed by atoms with Crippen LogP contribution < -0.4 is 5.32 Å². The predicted molar refractivity (Wildman–Crippen MR) is 73.4 cm³/mol. The molecule has 1 heterocycles. The van der Waals surface area contributed by atoms with Crippen LogP contribution in [-0.4, -0.2) is 49.8 Å². The third-order valence-electron chi connectivity index (χ3n) is 4.33. The second-order valence-corrected chi connectivity index (χ2v) is 5.65. The molecule has 0 saturated carbocycles. The van der Waals surface area contributed by atoms with Gasteiger partial charge in [-0.05, 0) is 18.8 Å². The van der Waals surface area contributed by atoms with E-state index in [9.17, 15) is 0 Å². The molecular formula is C14H30N2O. The van der Waals surface area contributed by atoms with Crippen molar-refractivity contribution >= 4 is 0 Å². The third kappa shape index (κ3) is 3.67. The number of ether oxygens (including phenoxy) is 1. The van der Waals surface area contributed by atoms with Crippen LogP contribution in [0.2, 0.25) is 0 Å². The Balaban J connectivity index is 2.69. The number of nitrogens with one attached hydrogen (secondary N) is 1. The summed E-state index contributed by atoms with van der Waals surface area (Å²) in [5.74, 6) is 0.652. The van der Waals surface area contributed by atoms with Gasteiger partial charge >= 0.3 is 0 Å². The maximum atomic E-state index is 5.39. The molecule has 1 rings (SSSR count). The van der Waals surface area contributed by atoms with Crippen LogP contribution in [0.25, 0.3) is 0 Å². The van der Waals surface area contributed by atoms with E-state index in [0.717, 1.165) is 26.2 Å². The lowest BCUT2D eigenvalue weighted by Gasteiger charge is -2.47. The summed E-state index contributed by atoms with van der Waals surface area (Å²) >= 11 is 0. The first-order valence-corrected chi connectivity index (χ1v) is 7.06. The van der Waals surface area contributed by atoms with E-state index in [4.69, 9.17) is 4.74 Å². The van der Waals surface area contributed by atoms with Gasteiger partial charge in [-0.2, -0.15) is 0 Å². The van der Waals surface area contributed by atoms with Crippen LogP contribution in [0.3, 0.4) is 0 Å². The van der Waals surface area contributed by atoms with Gasteiger partial charge in [0.05, 0.1) is 6.61 Å². The van der Waals surface area contributed by atoms with Crippen molar-refractivity contribution in [2.75, 3.05) is 33.4 Å². The molecule has 1 saturated heterocycles. The molecule has 0 radical (unpaired) electrons. The van der Waals surface area contributed by atoms with Gasteiger partial charge < -0.3 is 10.1 Å². The molecule has 0 aromatic carbocycles. The van der Waals surface area contributed by atoms with Gasteiger partial charge in [0.15, 0.2) is 0 Å². The number of rotatable bonds is 6. The van der Waals surface area contributed by atoms with E-state index in [2.05, 4.69) is 37.9 Å². The number of hydrogen-bond donors (Lipinski definition) is 1. The summed E-state index contributed by atoms with van der Waals surface area (Å²) in [5.41, 5.74) is 0.319. The average molecular weight is 242 g/mol. The zero-order valence-corrected chi connectivity index (χ0v) is 12.3. The maximum absolute atomic E-state index is 5.39. The molecular weight excluding hydrogens is 212 g/mol. The van der Waals surface area contributed by atoms with Crippen LogP contribution in [-0.2, 0) is 4.74 Å². The largest absolute Gasteiger partial charge is 0.383 e. The molecule has 0 aliphatic carbocycles. The highest BCUT2D eigenvalue weighted by atomic mass is 16.5. The standard InChI is InChI=1S/C14H30N2O/c1-6-14(7-2)11-16(9-8-15-14)13(10-17-5)12(3)4/h12-13,15H,6-11H2,1-5H3. The number of hydrogen-bond acceptors (Lipinski definition) is 3. The highest BCUT2D eigenvalue weighted by molar-refractivity contribution is 4.95. The summed E-state index contributed by atoms with van der Waals surface area (Å²) in [5, 5.41) is 3.72. The third-order valence-corrected chi connectivity index (χ3v) is 4.33. The smallest absolute Gasteiger partial charge is 0.0620 e. The van der Waals surface area contributed by atoms with Crippen LogP contribution in [0, 0.1) is 5.92 Å². The lowest BCUT2D eigenvalue weighted by atomic mass is 9.88. The summed E-state index contributed by atoms with van der Waals surface area (Å²) in [6, 6.07) is 0.555. The van der Waals surface area contributed by atoms with Gasteiger partial charge in [-0.3, -0.25) is 4.90 Å². The van der Waals surface area contributed by atoms with Gasteiger partial charge in [0, 0.05) is 38.3 Å². The molecule has 1 aliphatic heterocycles. The zero-order chi connectivity index (χ0) is 12.9. The van der Waals surface area contributed by atoms with Crippen molar-refractivity contribution < 1.29 is 4.74 Å². The lowest BCUT2D eigenvalue weighted by Crippen LogP contribution is -2.63. The lowest BCUT2D eigenvalue weighted by molar-refractivity contribution is 0.0219. The molecule has 17 heavy (non-hydrogen) atoms. The summed E-state index contributed by atoms with van der Waals surface area (Å²) < 4.78 is 5.39. The number of methoxy groups -OCH3 is 1.